The van der Waals surface area contributed by atoms with Gasteiger partial charge in [0, 0.05) is 12.3 Å². The number of esters is 1. The number of aliphatic hydroxyl groups is 1. The van der Waals surface area contributed by atoms with Gasteiger partial charge in [-0.05, 0) is 41.8 Å². The van der Waals surface area contributed by atoms with Gasteiger partial charge in [0.15, 0.2) is 5.60 Å². The number of ether oxygens (including phenoxy) is 1. The normalized spacial score (nSPS) is 23.7. The fraction of sp³-hybridized carbons (Fsp3) is 0.278. The van der Waals surface area contributed by atoms with Crippen molar-refractivity contribution in [2.24, 2.45) is 5.92 Å². The molecule has 0 bridgehead atoms. The lowest BCUT2D eigenvalue weighted by Crippen LogP contribution is -2.44. The summed E-state index contributed by atoms with van der Waals surface area (Å²) in [4.78, 5) is 12.1. The van der Waals surface area contributed by atoms with E-state index in [2.05, 4.69) is 0 Å². The van der Waals surface area contributed by atoms with Crippen LogP contribution in [0.15, 0.2) is 48.5 Å². The molecule has 0 saturated carbocycles. The summed E-state index contributed by atoms with van der Waals surface area (Å²) in [5.74, 6) is -0.837. The minimum atomic E-state index is -1.64. The molecule has 0 radical (unpaired) electrons. The van der Waals surface area contributed by atoms with E-state index in [1.54, 1.807) is 30.3 Å². The van der Waals surface area contributed by atoms with Gasteiger partial charge < -0.3 is 20.1 Å². The highest BCUT2D eigenvalue weighted by atomic mass is 16.6. The van der Waals surface area contributed by atoms with Crippen molar-refractivity contribution in [3.63, 3.8) is 0 Å². The van der Waals surface area contributed by atoms with E-state index in [1.807, 2.05) is 6.07 Å². The average molecular weight is 314 g/mol. The van der Waals surface area contributed by atoms with E-state index in [0.717, 1.165) is 5.56 Å². The maximum Gasteiger partial charge on any atom is 0.338 e. The molecule has 23 heavy (non-hydrogen) atoms. The van der Waals surface area contributed by atoms with Gasteiger partial charge in [-0.15, -0.1) is 0 Å². The molecule has 5 heteroatoms. The van der Waals surface area contributed by atoms with Crippen molar-refractivity contribution >= 4 is 5.97 Å². The van der Waals surface area contributed by atoms with E-state index in [4.69, 9.17) is 4.74 Å². The molecule has 2 aromatic carbocycles. The Morgan fingerprint density at radius 1 is 1.04 bits per heavy atom. The molecule has 5 nitrogen and oxygen atoms in total. The zero-order chi connectivity index (χ0) is 16.4. The monoisotopic (exact) mass is 314 g/mol. The van der Waals surface area contributed by atoms with Crippen LogP contribution >= 0.6 is 0 Å². The summed E-state index contributed by atoms with van der Waals surface area (Å²) in [6, 6.07) is 13.2. The molecule has 1 heterocycles. The quantitative estimate of drug-likeness (QED) is 0.749. The number of phenolic OH excluding ortho intramolecular Hbond substituents is 2. The van der Waals surface area contributed by atoms with Crippen LogP contribution in [0.5, 0.6) is 11.5 Å². The van der Waals surface area contributed by atoms with Gasteiger partial charge in [-0.25, -0.2) is 4.79 Å². The largest absolute Gasteiger partial charge is 0.508 e. The molecule has 120 valence electrons. The molecule has 2 aromatic rings. The Balaban J connectivity index is 1.83. The van der Waals surface area contributed by atoms with Crippen molar-refractivity contribution in [1.29, 1.82) is 0 Å². The van der Waals surface area contributed by atoms with Crippen molar-refractivity contribution in [3.05, 3.63) is 59.7 Å². The number of carbonyl (C=O) groups is 1. The Bertz CT molecular complexity index is 727. The van der Waals surface area contributed by atoms with Crippen LogP contribution in [0.4, 0.5) is 0 Å². The van der Waals surface area contributed by atoms with Gasteiger partial charge >= 0.3 is 5.97 Å². The second-order valence-electron chi connectivity index (χ2n) is 5.94. The molecule has 0 spiro atoms. The summed E-state index contributed by atoms with van der Waals surface area (Å²) in [6.07, 6.45) is 0.485. The number of hydrogen-bond donors (Lipinski definition) is 3. The summed E-state index contributed by atoms with van der Waals surface area (Å²) in [5, 5.41) is 30.0. The Kier molecular flexibility index (Phi) is 3.96. The van der Waals surface area contributed by atoms with Crippen LogP contribution in [0, 0.1) is 5.92 Å². The molecular formula is C18H18O5. The second kappa shape index (κ2) is 5.93. The van der Waals surface area contributed by atoms with E-state index in [0.29, 0.717) is 12.0 Å². The van der Waals surface area contributed by atoms with E-state index in [1.165, 1.54) is 12.1 Å². The van der Waals surface area contributed by atoms with Crippen LogP contribution in [-0.4, -0.2) is 33.5 Å². The zero-order valence-corrected chi connectivity index (χ0v) is 12.5. The summed E-state index contributed by atoms with van der Waals surface area (Å²) in [5.41, 5.74) is -0.158. The van der Waals surface area contributed by atoms with E-state index in [9.17, 15) is 20.1 Å². The molecule has 0 aromatic heterocycles. The van der Waals surface area contributed by atoms with Crippen molar-refractivity contribution in [2.45, 2.75) is 18.4 Å². The van der Waals surface area contributed by atoms with Crippen LogP contribution in [-0.2, 0) is 22.4 Å². The molecule has 3 rings (SSSR count). The van der Waals surface area contributed by atoms with Crippen LogP contribution in [0.25, 0.3) is 0 Å². The van der Waals surface area contributed by atoms with Gasteiger partial charge in [-0.1, -0.05) is 24.3 Å². The van der Waals surface area contributed by atoms with Crippen molar-refractivity contribution in [2.75, 3.05) is 6.61 Å². The third kappa shape index (κ3) is 3.14. The second-order valence-corrected chi connectivity index (χ2v) is 5.94. The molecule has 1 aliphatic rings. The molecule has 1 aliphatic heterocycles. The molecule has 2 atom stereocenters. The van der Waals surface area contributed by atoms with E-state index in [-0.39, 0.29) is 24.5 Å². The first-order valence-electron chi connectivity index (χ1n) is 7.43. The maximum atomic E-state index is 12.1. The Morgan fingerprint density at radius 3 is 2.30 bits per heavy atom. The van der Waals surface area contributed by atoms with Gasteiger partial charge in [-0.2, -0.15) is 0 Å². The van der Waals surface area contributed by atoms with Gasteiger partial charge in [0.1, 0.15) is 11.5 Å². The average Bonchev–Trinajstić information content (AvgIpc) is 2.75. The van der Waals surface area contributed by atoms with Crippen LogP contribution in [0.2, 0.25) is 0 Å². The molecule has 1 saturated heterocycles. The highest BCUT2D eigenvalue weighted by molar-refractivity contribution is 5.82. The fourth-order valence-corrected chi connectivity index (χ4v) is 3.00. The maximum absolute atomic E-state index is 12.1. The zero-order valence-electron chi connectivity index (χ0n) is 12.5. The predicted molar refractivity (Wildman–Crippen MR) is 83.0 cm³/mol. The highest BCUT2D eigenvalue weighted by Crippen LogP contribution is 2.34. The molecule has 0 unspecified atom stereocenters. The van der Waals surface area contributed by atoms with Gasteiger partial charge in [0.2, 0.25) is 0 Å². The van der Waals surface area contributed by atoms with Crippen molar-refractivity contribution < 1.29 is 24.9 Å². The Morgan fingerprint density at radius 2 is 1.65 bits per heavy atom. The number of cyclic esters (lactones) is 1. The lowest BCUT2D eigenvalue weighted by molar-refractivity contribution is -0.154. The van der Waals surface area contributed by atoms with E-state index < -0.39 is 17.5 Å². The van der Waals surface area contributed by atoms with Crippen LogP contribution < -0.4 is 0 Å². The highest BCUT2D eigenvalue weighted by Gasteiger charge is 2.50. The number of rotatable bonds is 4. The molecular weight excluding hydrogens is 296 g/mol. The minimum absolute atomic E-state index is 0.0731. The molecule has 1 fully saturated rings. The number of hydrogen-bond acceptors (Lipinski definition) is 5. The summed E-state index contributed by atoms with van der Waals surface area (Å²) in [7, 11) is 0. The van der Waals surface area contributed by atoms with Crippen molar-refractivity contribution in [1.82, 2.24) is 0 Å². The lowest BCUT2D eigenvalue weighted by Gasteiger charge is -2.25. The summed E-state index contributed by atoms with van der Waals surface area (Å²) >= 11 is 0. The van der Waals surface area contributed by atoms with Gasteiger partial charge in [0.25, 0.3) is 0 Å². The first kappa shape index (κ1) is 15.4. The molecule has 0 aliphatic carbocycles. The third-order valence-corrected chi connectivity index (χ3v) is 4.22. The minimum Gasteiger partial charge on any atom is -0.508 e. The molecule has 3 N–H and O–H groups in total. The number of aromatic hydroxyl groups is 2. The first-order chi connectivity index (χ1) is 11.0. The van der Waals surface area contributed by atoms with E-state index >= 15 is 0 Å². The number of carbonyl (C=O) groups excluding carboxylic acids is 1. The topological polar surface area (TPSA) is 87.0 Å². The van der Waals surface area contributed by atoms with Crippen molar-refractivity contribution in [3.8, 4) is 11.5 Å². The molecule has 0 amide bonds. The smallest absolute Gasteiger partial charge is 0.338 e. The summed E-state index contributed by atoms with van der Waals surface area (Å²) in [6.45, 7) is 0.129. The SMILES string of the molecule is O=C1OC[C@@H](Cc2cccc(O)c2)[C@@]1(O)Cc1cccc(O)c1. The Labute approximate surface area is 133 Å². The standard InChI is InChI=1S/C18H18O5/c19-15-5-1-3-12(8-15)7-14-11-23-17(21)18(14,22)10-13-4-2-6-16(20)9-13/h1-6,8-9,14,19-20,22H,7,10-11H2/t14-,18+/m1/s1. The lowest BCUT2D eigenvalue weighted by atomic mass is 9.81. The fourth-order valence-electron chi connectivity index (χ4n) is 3.00. The Hall–Kier alpha value is -2.53. The number of phenols is 2. The van der Waals surface area contributed by atoms with Gasteiger partial charge in [0.05, 0.1) is 6.61 Å². The summed E-state index contributed by atoms with van der Waals surface area (Å²) < 4.78 is 5.07. The number of benzene rings is 2. The van der Waals surface area contributed by atoms with Crippen LogP contribution in [0.1, 0.15) is 11.1 Å². The third-order valence-electron chi connectivity index (χ3n) is 4.22. The first-order valence-corrected chi connectivity index (χ1v) is 7.43. The predicted octanol–water partition coefficient (Wildman–Crippen LogP) is 1.79. The van der Waals surface area contributed by atoms with Crippen LogP contribution in [0.3, 0.4) is 0 Å². The van der Waals surface area contributed by atoms with Gasteiger partial charge in [-0.3, -0.25) is 0 Å².